The molecule has 5 nitrogen and oxygen atoms in total. The van der Waals surface area contributed by atoms with E-state index in [-0.39, 0.29) is 0 Å². The highest BCUT2D eigenvalue weighted by molar-refractivity contribution is 6.30. The van der Waals surface area contributed by atoms with Gasteiger partial charge in [0, 0.05) is 43.3 Å². The Hall–Kier alpha value is -2.76. The number of rotatable bonds is 4. The van der Waals surface area contributed by atoms with Crippen molar-refractivity contribution in [3.05, 3.63) is 83.5 Å². The molecule has 0 unspecified atom stereocenters. The molecule has 0 bridgehead atoms. The van der Waals surface area contributed by atoms with Gasteiger partial charge in [-0.15, -0.1) is 0 Å². The van der Waals surface area contributed by atoms with E-state index in [9.17, 15) is 0 Å². The second-order valence-electron chi connectivity index (χ2n) is 7.60. The van der Waals surface area contributed by atoms with E-state index >= 15 is 0 Å². The quantitative estimate of drug-likeness (QED) is 0.490. The van der Waals surface area contributed by atoms with E-state index in [0.29, 0.717) is 10.9 Å². The zero-order chi connectivity index (χ0) is 19.6. The van der Waals surface area contributed by atoms with Gasteiger partial charge in [0.2, 0.25) is 0 Å². The van der Waals surface area contributed by atoms with Crippen LogP contribution < -0.4 is 0 Å². The van der Waals surface area contributed by atoms with E-state index < -0.39 is 0 Å². The zero-order valence-corrected chi connectivity index (χ0v) is 16.8. The van der Waals surface area contributed by atoms with Crippen LogP contribution in [0.5, 0.6) is 0 Å². The maximum Gasteiger partial charge on any atom is 0.137 e. The predicted molar refractivity (Wildman–Crippen MR) is 115 cm³/mol. The molecule has 0 radical (unpaired) electrons. The molecule has 1 aliphatic heterocycles. The first kappa shape index (κ1) is 18.3. The summed E-state index contributed by atoms with van der Waals surface area (Å²) in [6.45, 7) is 3.08. The molecule has 0 saturated carbocycles. The molecule has 5 heterocycles. The highest BCUT2D eigenvalue weighted by Gasteiger charge is 2.23. The number of pyridine rings is 3. The van der Waals surface area contributed by atoms with Crippen LogP contribution in [0.3, 0.4) is 0 Å². The standard InChI is InChI=1S/C23H22ClN5/c24-19-8-9-23-26-13-22(29(23)16-19)21-7-1-6-20(27-21)18-5-3-11-28(15-18)14-17-4-2-10-25-12-17/h1-2,4,6-10,12-13,16,18H,3,5,11,14-15H2/t18-/m1/s1. The van der Waals surface area contributed by atoms with Crippen LogP contribution in [0.4, 0.5) is 0 Å². The van der Waals surface area contributed by atoms with Gasteiger partial charge in [0.05, 0.1) is 22.6 Å². The van der Waals surface area contributed by atoms with E-state index in [2.05, 4.69) is 33.1 Å². The highest BCUT2D eigenvalue weighted by Crippen LogP contribution is 2.29. The summed E-state index contributed by atoms with van der Waals surface area (Å²) in [5, 5.41) is 0.686. The lowest BCUT2D eigenvalue weighted by Crippen LogP contribution is -2.34. The number of hydrogen-bond acceptors (Lipinski definition) is 4. The second kappa shape index (κ2) is 7.93. The Labute approximate surface area is 175 Å². The largest absolute Gasteiger partial charge is 0.298 e. The third-order valence-corrected chi connectivity index (χ3v) is 5.78. The first-order chi connectivity index (χ1) is 14.3. The van der Waals surface area contributed by atoms with Crippen molar-refractivity contribution >= 4 is 17.2 Å². The van der Waals surface area contributed by atoms with Crippen molar-refractivity contribution in [2.75, 3.05) is 13.1 Å². The number of nitrogens with zero attached hydrogens (tertiary/aromatic N) is 5. The highest BCUT2D eigenvalue weighted by atomic mass is 35.5. The number of likely N-dealkylation sites (tertiary alicyclic amines) is 1. The van der Waals surface area contributed by atoms with Gasteiger partial charge in [0.25, 0.3) is 0 Å². The molecule has 1 aliphatic rings. The summed E-state index contributed by atoms with van der Waals surface area (Å²) in [7, 11) is 0. The van der Waals surface area contributed by atoms with Gasteiger partial charge >= 0.3 is 0 Å². The van der Waals surface area contributed by atoms with Crippen LogP contribution in [-0.2, 0) is 6.54 Å². The lowest BCUT2D eigenvalue weighted by Gasteiger charge is -2.32. The number of halogens is 1. The Balaban J connectivity index is 1.39. The number of imidazole rings is 1. The van der Waals surface area contributed by atoms with Crippen molar-refractivity contribution in [1.82, 2.24) is 24.3 Å². The molecule has 4 aromatic rings. The lowest BCUT2D eigenvalue weighted by atomic mass is 9.93. The van der Waals surface area contributed by atoms with Gasteiger partial charge in [-0.1, -0.05) is 23.7 Å². The molecule has 4 aromatic heterocycles. The van der Waals surface area contributed by atoms with E-state index in [1.165, 1.54) is 18.4 Å². The Morgan fingerprint density at radius 3 is 2.93 bits per heavy atom. The van der Waals surface area contributed by atoms with Crippen LogP contribution in [0.15, 0.2) is 67.3 Å². The minimum atomic E-state index is 0.433. The van der Waals surface area contributed by atoms with Gasteiger partial charge in [-0.25, -0.2) is 4.98 Å². The number of fused-ring (bicyclic) bond motifs is 1. The molecule has 0 amide bonds. The van der Waals surface area contributed by atoms with E-state index in [0.717, 1.165) is 42.4 Å². The molecule has 0 spiro atoms. The molecule has 0 N–H and O–H groups in total. The normalized spacial score (nSPS) is 17.6. The molecule has 146 valence electrons. The van der Waals surface area contributed by atoms with Gasteiger partial charge < -0.3 is 0 Å². The van der Waals surface area contributed by atoms with Crippen molar-refractivity contribution in [3.63, 3.8) is 0 Å². The molecule has 0 aromatic carbocycles. The van der Waals surface area contributed by atoms with Crippen molar-refractivity contribution in [1.29, 1.82) is 0 Å². The molecule has 1 saturated heterocycles. The molecule has 5 rings (SSSR count). The Morgan fingerprint density at radius 1 is 1.07 bits per heavy atom. The first-order valence-corrected chi connectivity index (χ1v) is 10.4. The number of piperidine rings is 1. The summed E-state index contributed by atoms with van der Waals surface area (Å²) in [5.41, 5.74) is 5.18. The van der Waals surface area contributed by atoms with Gasteiger partial charge in [-0.05, 0) is 55.3 Å². The molecule has 29 heavy (non-hydrogen) atoms. The summed E-state index contributed by atoms with van der Waals surface area (Å²) < 4.78 is 2.00. The van der Waals surface area contributed by atoms with E-state index in [1.54, 1.807) is 0 Å². The molecule has 6 heteroatoms. The van der Waals surface area contributed by atoms with E-state index in [1.807, 2.05) is 53.5 Å². The summed E-state index contributed by atoms with van der Waals surface area (Å²) >= 11 is 6.19. The lowest BCUT2D eigenvalue weighted by molar-refractivity contribution is 0.198. The minimum Gasteiger partial charge on any atom is -0.298 e. The van der Waals surface area contributed by atoms with Crippen molar-refractivity contribution in [3.8, 4) is 11.4 Å². The first-order valence-electron chi connectivity index (χ1n) is 9.97. The molecule has 1 fully saturated rings. The average Bonchev–Trinajstić information content (AvgIpc) is 3.18. The number of aromatic nitrogens is 4. The van der Waals surface area contributed by atoms with Gasteiger partial charge in [-0.3, -0.25) is 19.3 Å². The van der Waals surface area contributed by atoms with Crippen LogP contribution in [0.2, 0.25) is 5.02 Å². The van der Waals surface area contributed by atoms with Crippen LogP contribution in [0, 0.1) is 0 Å². The fourth-order valence-corrected chi connectivity index (χ4v) is 4.32. The average molecular weight is 404 g/mol. The zero-order valence-electron chi connectivity index (χ0n) is 16.1. The fraction of sp³-hybridized carbons (Fsp3) is 0.261. The minimum absolute atomic E-state index is 0.433. The maximum absolute atomic E-state index is 6.19. The smallest absolute Gasteiger partial charge is 0.137 e. The predicted octanol–water partition coefficient (Wildman–Crippen LogP) is 4.82. The van der Waals surface area contributed by atoms with Crippen molar-refractivity contribution < 1.29 is 0 Å². The Morgan fingerprint density at radius 2 is 2.03 bits per heavy atom. The summed E-state index contributed by atoms with van der Waals surface area (Å²) in [6, 6.07) is 14.2. The molecular weight excluding hydrogens is 382 g/mol. The van der Waals surface area contributed by atoms with Crippen LogP contribution in [0.1, 0.15) is 30.0 Å². The van der Waals surface area contributed by atoms with E-state index in [4.69, 9.17) is 16.6 Å². The summed E-state index contributed by atoms with van der Waals surface area (Å²) in [4.78, 5) is 16.3. The van der Waals surface area contributed by atoms with Crippen LogP contribution >= 0.6 is 11.6 Å². The maximum atomic E-state index is 6.19. The Bertz CT molecular complexity index is 1120. The van der Waals surface area contributed by atoms with Crippen molar-refractivity contribution in [2.45, 2.75) is 25.3 Å². The van der Waals surface area contributed by atoms with Gasteiger partial charge in [-0.2, -0.15) is 0 Å². The fourth-order valence-electron chi connectivity index (χ4n) is 4.16. The Kier molecular flexibility index (Phi) is 5.00. The van der Waals surface area contributed by atoms with Crippen LogP contribution in [-0.4, -0.2) is 37.3 Å². The summed E-state index contributed by atoms with van der Waals surface area (Å²) in [6.07, 6.45) is 9.89. The molecule has 1 atom stereocenters. The van der Waals surface area contributed by atoms with Crippen molar-refractivity contribution in [2.24, 2.45) is 0 Å². The van der Waals surface area contributed by atoms with Gasteiger partial charge in [0.1, 0.15) is 5.65 Å². The topological polar surface area (TPSA) is 46.3 Å². The van der Waals surface area contributed by atoms with Gasteiger partial charge in [0.15, 0.2) is 0 Å². The summed E-state index contributed by atoms with van der Waals surface area (Å²) in [5.74, 6) is 0.433. The second-order valence-corrected chi connectivity index (χ2v) is 8.04. The molecular formula is C23H22ClN5. The monoisotopic (exact) mass is 403 g/mol. The molecule has 0 aliphatic carbocycles. The third kappa shape index (κ3) is 3.88. The SMILES string of the molecule is Clc1ccc2ncc(-c3cccc([C@@H]4CCCN(Cc5cccnc5)C4)n3)n2c1. The number of hydrogen-bond donors (Lipinski definition) is 0. The third-order valence-electron chi connectivity index (χ3n) is 5.56. The van der Waals surface area contributed by atoms with Crippen LogP contribution in [0.25, 0.3) is 17.0 Å².